The van der Waals surface area contributed by atoms with Crippen LogP contribution in [-0.4, -0.2) is 39.0 Å². The summed E-state index contributed by atoms with van der Waals surface area (Å²) in [4.78, 5) is 32.8. The molecule has 0 aliphatic carbocycles. The van der Waals surface area contributed by atoms with Crippen LogP contribution in [-0.2, 0) is 17.8 Å². The predicted molar refractivity (Wildman–Crippen MR) is 120 cm³/mol. The number of carbonyl (C=O) groups excluding carboxylic acids is 1. The highest BCUT2D eigenvalue weighted by atomic mass is 32.2. The predicted octanol–water partition coefficient (Wildman–Crippen LogP) is 3.24. The first-order valence-corrected chi connectivity index (χ1v) is 11.1. The lowest BCUT2D eigenvalue weighted by Gasteiger charge is -2.31. The molecule has 4 rings (SSSR count). The van der Waals surface area contributed by atoms with Crippen molar-refractivity contribution in [3.63, 3.8) is 0 Å². The van der Waals surface area contributed by atoms with Gasteiger partial charge in [0.2, 0.25) is 5.91 Å². The molecule has 30 heavy (non-hydrogen) atoms. The fourth-order valence-electron chi connectivity index (χ4n) is 3.85. The monoisotopic (exact) mass is 423 g/mol. The van der Waals surface area contributed by atoms with E-state index in [2.05, 4.69) is 11.1 Å². The lowest BCUT2D eigenvalue weighted by molar-refractivity contribution is -0.117. The summed E-state index contributed by atoms with van der Waals surface area (Å²) in [6, 6.07) is 15.3. The number of hydrogen-bond acceptors (Lipinski definition) is 5. The normalized spacial score (nSPS) is 14.5. The van der Waals surface area contributed by atoms with E-state index in [1.54, 1.807) is 10.6 Å². The number of nitrogens with zero attached hydrogens (tertiary/aromatic N) is 3. The van der Waals surface area contributed by atoms with Crippen molar-refractivity contribution in [3.05, 3.63) is 64.4 Å². The van der Waals surface area contributed by atoms with Crippen LogP contribution in [0.15, 0.2) is 58.5 Å². The van der Waals surface area contributed by atoms with E-state index in [4.69, 9.17) is 0 Å². The molecule has 0 spiro atoms. The molecule has 0 bridgehead atoms. The average Bonchev–Trinajstić information content (AvgIpc) is 2.78. The van der Waals surface area contributed by atoms with Crippen molar-refractivity contribution in [2.24, 2.45) is 0 Å². The van der Waals surface area contributed by atoms with Gasteiger partial charge in [0.1, 0.15) is 0 Å². The number of para-hydroxylation sites is 2. The zero-order valence-electron chi connectivity index (χ0n) is 17.0. The second-order valence-electron chi connectivity index (χ2n) is 7.43. The van der Waals surface area contributed by atoms with Crippen molar-refractivity contribution in [1.29, 1.82) is 0 Å². The summed E-state index contributed by atoms with van der Waals surface area (Å²) in [6.07, 6.45) is 2.37. The first kappa shape index (κ1) is 20.6. The van der Waals surface area contributed by atoms with E-state index in [9.17, 15) is 14.7 Å². The Kier molecular flexibility index (Phi) is 6.20. The lowest BCUT2D eigenvalue weighted by atomic mass is 10.0. The topological polar surface area (TPSA) is 75.4 Å². The SMILES string of the molecule is C[C@@H](Sc1nc2ccccc2c(=O)n1CCCO)C(=O)N1CCCc2ccccc21. The van der Waals surface area contributed by atoms with Crippen molar-refractivity contribution in [1.82, 2.24) is 9.55 Å². The summed E-state index contributed by atoms with van der Waals surface area (Å²) in [5.41, 5.74) is 2.65. The number of aliphatic hydroxyl groups excluding tert-OH is 1. The van der Waals surface area contributed by atoms with Crippen LogP contribution in [0.2, 0.25) is 0 Å². The number of aliphatic hydroxyl groups is 1. The average molecular weight is 424 g/mol. The Morgan fingerprint density at radius 3 is 2.80 bits per heavy atom. The van der Waals surface area contributed by atoms with Gasteiger partial charge in [0.15, 0.2) is 5.16 Å². The number of carbonyl (C=O) groups is 1. The molecule has 7 heteroatoms. The van der Waals surface area contributed by atoms with Crippen molar-refractivity contribution >= 4 is 34.3 Å². The number of amides is 1. The van der Waals surface area contributed by atoms with Gasteiger partial charge in [0.25, 0.3) is 5.56 Å². The molecule has 2 aromatic carbocycles. The number of aromatic nitrogens is 2. The molecule has 6 nitrogen and oxygen atoms in total. The minimum atomic E-state index is -0.399. The van der Waals surface area contributed by atoms with Crippen molar-refractivity contribution in [2.75, 3.05) is 18.1 Å². The van der Waals surface area contributed by atoms with Crippen LogP contribution >= 0.6 is 11.8 Å². The van der Waals surface area contributed by atoms with Gasteiger partial charge in [0, 0.05) is 25.4 Å². The molecule has 0 fully saturated rings. The van der Waals surface area contributed by atoms with Crippen LogP contribution in [0.25, 0.3) is 10.9 Å². The molecule has 1 amide bonds. The van der Waals surface area contributed by atoms with Gasteiger partial charge in [-0.05, 0) is 49.9 Å². The third-order valence-electron chi connectivity index (χ3n) is 5.37. The summed E-state index contributed by atoms with van der Waals surface area (Å²) in [6.45, 7) is 2.91. The van der Waals surface area contributed by atoms with Crippen LogP contribution in [0.4, 0.5) is 5.69 Å². The Bertz CT molecular complexity index is 1130. The van der Waals surface area contributed by atoms with Crippen LogP contribution in [0.1, 0.15) is 25.3 Å². The van der Waals surface area contributed by atoms with Crippen LogP contribution in [0.5, 0.6) is 0 Å². The third-order valence-corrected chi connectivity index (χ3v) is 6.45. The molecule has 3 aromatic rings. The number of thioether (sulfide) groups is 1. The van der Waals surface area contributed by atoms with E-state index in [0.29, 0.717) is 35.6 Å². The number of anilines is 1. The van der Waals surface area contributed by atoms with Gasteiger partial charge in [-0.2, -0.15) is 0 Å². The van der Waals surface area contributed by atoms with Crippen LogP contribution in [0.3, 0.4) is 0 Å². The highest BCUT2D eigenvalue weighted by molar-refractivity contribution is 8.00. The van der Waals surface area contributed by atoms with Gasteiger partial charge in [-0.1, -0.05) is 42.1 Å². The quantitative estimate of drug-likeness (QED) is 0.487. The van der Waals surface area contributed by atoms with Gasteiger partial charge in [-0.15, -0.1) is 0 Å². The number of rotatable bonds is 6. The highest BCUT2D eigenvalue weighted by Crippen LogP contribution is 2.30. The summed E-state index contributed by atoms with van der Waals surface area (Å²) in [5, 5.41) is 9.91. The molecule has 0 unspecified atom stereocenters. The summed E-state index contributed by atoms with van der Waals surface area (Å²) in [5.74, 6) is 0.0169. The fourth-order valence-corrected chi connectivity index (χ4v) is 4.85. The van der Waals surface area contributed by atoms with E-state index in [-0.39, 0.29) is 18.1 Å². The Hall–Kier alpha value is -2.64. The van der Waals surface area contributed by atoms with Gasteiger partial charge in [-0.3, -0.25) is 14.2 Å². The standard InChI is InChI=1S/C23H25N3O3S/c1-16(21(28)25-13-6-9-17-8-2-5-12-20(17)25)30-23-24-19-11-4-3-10-18(19)22(29)26(23)14-7-15-27/h2-5,8,10-12,16,27H,6-7,9,13-15H2,1H3/t16-/m1/s1. The van der Waals surface area contributed by atoms with E-state index >= 15 is 0 Å². The molecule has 1 aliphatic heterocycles. The van der Waals surface area contributed by atoms with Gasteiger partial charge < -0.3 is 10.0 Å². The number of aryl methyl sites for hydroxylation is 1. The van der Waals surface area contributed by atoms with Crippen molar-refractivity contribution < 1.29 is 9.90 Å². The zero-order chi connectivity index (χ0) is 21.1. The summed E-state index contributed by atoms with van der Waals surface area (Å²) in [7, 11) is 0. The summed E-state index contributed by atoms with van der Waals surface area (Å²) < 4.78 is 1.58. The maximum Gasteiger partial charge on any atom is 0.262 e. The molecular weight excluding hydrogens is 398 g/mol. The second kappa shape index (κ2) is 9.02. The van der Waals surface area contributed by atoms with Crippen molar-refractivity contribution in [3.8, 4) is 0 Å². The Morgan fingerprint density at radius 2 is 1.97 bits per heavy atom. The molecule has 2 heterocycles. The lowest BCUT2D eigenvalue weighted by Crippen LogP contribution is -2.40. The van der Waals surface area contributed by atoms with Crippen molar-refractivity contribution in [2.45, 2.75) is 43.1 Å². The highest BCUT2D eigenvalue weighted by Gasteiger charge is 2.28. The summed E-state index contributed by atoms with van der Waals surface area (Å²) >= 11 is 1.31. The van der Waals surface area contributed by atoms with E-state index in [0.717, 1.165) is 18.5 Å². The molecular formula is C23H25N3O3S. The Labute approximate surface area is 179 Å². The number of benzene rings is 2. The largest absolute Gasteiger partial charge is 0.396 e. The molecule has 1 aromatic heterocycles. The Balaban J connectivity index is 1.65. The fraction of sp³-hybridized carbons (Fsp3) is 0.348. The second-order valence-corrected chi connectivity index (χ2v) is 8.74. The molecule has 1 N–H and O–H groups in total. The molecule has 0 saturated carbocycles. The molecule has 1 aliphatic rings. The minimum absolute atomic E-state index is 0.0115. The first-order valence-electron chi connectivity index (χ1n) is 10.3. The smallest absolute Gasteiger partial charge is 0.262 e. The number of fused-ring (bicyclic) bond motifs is 2. The molecule has 0 radical (unpaired) electrons. The molecule has 1 atom stereocenters. The molecule has 156 valence electrons. The van der Waals surface area contributed by atoms with E-state index in [1.165, 1.54) is 17.3 Å². The first-order chi connectivity index (χ1) is 14.6. The van der Waals surface area contributed by atoms with E-state index < -0.39 is 5.25 Å². The Morgan fingerprint density at radius 1 is 1.20 bits per heavy atom. The van der Waals surface area contributed by atoms with E-state index in [1.807, 2.05) is 48.2 Å². The zero-order valence-corrected chi connectivity index (χ0v) is 17.8. The maximum atomic E-state index is 13.3. The van der Waals surface area contributed by atoms with Crippen LogP contribution < -0.4 is 10.5 Å². The maximum absolute atomic E-state index is 13.3. The third kappa shape index (κ3) is 4.00. The number of hydrogen-bond donors (Lipinski definition) is 1. The van der Waals surface area contributed by atoms with Gasteiger partial charge in [-0.25, -0.2) is 4.98 Å². The molecule has 0 saturated heterocycles. The van der Waals surface area contributed by atoms with Crippen LogP contribution in [0, 0.1) is 0 Å². The van der Waals surface area contributed by atoms with Gasteiger partial charge >= 0.3 is 0 Å². The van der Waals surface area contributed by atoms with Gasteiger partial charge in [0.05, 0.1) is 16.2 Å². The minimum Gasteiger partial charge on any atom is -0.396 e.